The third-order valence-electron chi connectivity index (χ3n) is 10.9. The maximum Gasteiger partial charge on any atom is 0.315 e. The molecule has 45 heavy (non-hydrogen) atoms. The van der Waals surface area contributed by atoms with Crippen molar-refractivity contribution in [2.24, 2.45) is 34.3 Å². The zero-order valence-corrected chi connectivity index (χ0v) is 28.6. The lowest BCUT2D eigenvalue weighted by Gasteiger charge is -2.42. The first-order valence-corrected chi connectivity index (χ1v) is 18.0. The van der Waals surface area contributed by atoms with Gasteiger partial charge in [0.25, 0.3) is 5.91 Å². The molecule has 5 atom stereocenters. The first-order valence-electron chi connectivity index (χ1n) is 16.1. The molecular formula is C31H52N6O7S. The highest BCUT2D eigenvalue weighted by Crippen LogP contribution is 2.65. The Morgan fingerprint density at radius 1 is 1.00 bits per heavy atom. The van der Waals surface area contributed by atoms with Gasteiger partial charge in [0.05, 0.1) is 11.8 Å². The maximum atomic E-state index is 14.3. The second kappa shape index (κ2) is 12.5. The van der Waals surface area contributed by atoms with E-state index in [9.17, 15) is 32.4 Å². The highest BCUT2D eigenvalue weighted by atomic mass is 32.2. The van der Waals surface area contributed by atoms with Gasteiger partial charge in [-0.25, -0.2) is 17.5 Å². The summed E-state index contributed by atoms with van der Waals surface area (Å²) in [5.74, 6) is -3.08. The van der Waals surface area contributed by atoms with Crippen LogP contribution in [0.15, 0.2) is 0 Å². The van der Waals surface area contributed by atoms with Crippen molar-refractivity contribution < 1.29 is 32.4 Å². The number of carbonyl (C=O) groups excluding carboxylic acids is 5. The van der Waals surface area contributed by atoms with Crippen LogP contribution < -0.4 is 21.7 Å². The molecule has 0 spiro atoms. The van der Waals surface area contributed by atoms with Gasteiger partial charge in [-0.1, -0.05) is 60.3 Å². The standard InChI is InChI=1S/C31H52N6O7S/c1-29(2,3)24(34-28(42)35-31(14-9-8-10-15-31)17-36(6)45(7,43)44)27(41)37-16-19-20(30(19,4)5)22(37)26(40)33-21(18-12-11-13-18)23(38)25(32)39/h18-22,24H,8-17H2,1-7H3,(H2,32,39)(H,33,40)(H2,34,35,42)/t19-,20-,21?,22-,24+/m0/s1. The number of hydrogen-bond donors (Lipinski definition) is 4. The number of nitrogens with zero attached hydrogens (tertiary/aromatic N) is 2. The molecule has 0 radical (unpaired) electrons. The summed E-state index contributed by atoms with van der Waals surface area (Å²) in [6.07, 6.45) is 7.28. The number of amides is 5. The number of fused-ring (bicyclic) bond motifs is 1. The summed E-state index contributed by atoms with van der Waals surface area (Å²) in [6.45, 7) is 10.0. The van der Waals surface area contributed by atoms with E-state index in [2.05, 4.69) is 16.0 Å². The Kier molecular flexibility index (Phi) is 9.72. The molecule has 0 aromatic heterocycles. The highest BCUT2D eigenvalue weighted by Gasteiger charge is 2.70. The molecule has 0 bridgehead atoms. The van der Waals surface area contributed by atoms with E-state index in [4.69, 9.17) is 5.73 Å². The fourth-order valence-electron chi connectivity index (χ4n) is 7.69. The van der Waals surface area contributed by atoms with Gasteiger partial charge in [0, 0.05) is 20.1 Å². The van der Waals surface area contributed by atoms with Crippen LogP contribution in [0, 0.1) is 28.6 Å². The third kappa shape index (κ3) is 7.31. The van der Waals surface area contributed by atoms with Crippen molar-refractivity contribution in [3.8, 4) is 0 Å². The number of nitrogens with two attached hydrogens (primary N) is 1. The smallest absolute Gasteiger partial charge is 0.315 e. The zero-order chi connectivity index (χ0) is 33.7. The van der Waals surface area contributed by atoms with Crippen LogP contribution >= 0.6 is 0 Å². The number of carbonyl (C=O) groups is 5. The number of nitrogens with one attached hydrogen (secondary N) is 3. The van der Waals surface area contributed by atoms with Crippen LogP contribution in [-0.2, 0) is 29.2 Å². The fraction of sp³-hybridized carbons (Fsp3) is 0.839. The van der Waals surface area contributed by atoms with E-state index < -0.39 is 68.6 Å². The van der Waals surface area contributed by atoms with Crippen molar-refractivity contribution >= 4 is 39.6 Å². The van der Waals surface area contributed by atoms with E-state index in [1.165, 1.54) is 16.3 Å². The molecule has 0 aromatic rings. The Morgan fingerprint density at radius 2 is 1.60 bits per heavy atom. The van der Waals surface area contributed by atoms with Gasteiger partial charge in [0.1, 0.15) is 18.1 Å². The van der Waals surface area contributed by atoms with Crippen LogP contribution in [0.1, 0.15) is 86.0 Å². The third-order valence-corrected chi connectivity index (χ3v) is 12.1. The molecule has 13 nitrogen and oxygen atoms in total. The fourth-order valence-corrected chi connectivity index (χ4v) is 8.17. The lowest BCUT2D eigenvalue weighted by molar-refractivity contribution is -0.145. The van der Waals surface area contributed by atoms with Gasteiger partial charge < -0.3 is 26.6 Å². The molecule has 4 rings (SSSR count). The Balaban J connectivity index is 1.55. The molecule has 254 valence electrons. The number of hydrogen-bond acceptors (Lipinski definition) is 7. The molecule has 1 aliphatic heterocycles. The molecular weight excluding hydrogens is 600 g/mol. The normalized spacial score (nSPS) is 27.0. The van der Waals surface area contributed by atoms with E-state index in [1.54, 1.807) is 0 Å². The second-order valence-electron chi connectivity index (χ2n) is 15.6. The first kappa shape index (κ1) is 35.1. The minimum absolute atomic E-state index is 0.0673. The number of Topliss-reactive ketones (excluding diaryl/α,β-unsaturated/α-hetero) is 1. The van der Waals surface area contributed by atoms with E-state index in [1.807, 2.05) is 34.6 Å². The van der Waals surface area contributed by atoms with Crippen LogP contribution in [0.4, 0.5) is 4.79 Å². The van der Waals surface area contributed by atoms with Gasteiger partial charge in [-0.15, -0.1) is 0 Å². The Hall–Kier alpha value is -2.74. The van der Waals surface area contributed by atoms with E-state index in [-0.39, 0.29) is 29.7 Å². The van der Waals surface area contributed by atoms with E-state index in [0.717, 1.165) is 31.9 Å². The SMILES string of the molecule is CN(CC1(NC(=O)N[C@H](C(=O)N2C[C@H]3[C@@H]([C@H]2C(=O)NC(C(=O)C(N)=O)C2CCC2)C3(C)C)C(C)(C)C)CCCCC1)S(C)(=O)=O. The summed E-state index contributed by atoms with van der Waals surface area (Å²) >= 11 is 0. The number of rotatable bonds is 11. The number of urea groups is 1. The Morgan fingerprint density at radius 3 is 2.09 bits per heavy atom. The predicted molar refractivity (Wildman–Crippen MR) is 168 cm³/mol. The number of ketones is 1. The van der Waals surface area contributed by atoms with Gasteiger partial charge in [-0.2, -0.15) is 0 Å². The molecule has 14 heteroatoms. The number of primary amides is 1. The summed E-state index contributed by atoms with van der Waals surface area (Å²) in [7, 11) is -1.99. The average Bonchev–Trinajstić information content (AvgIpc) is 3.21. The molecule has 5 N–H and O–H groups in total. The number of sulfonamides is 1. The molecule has 0 aromatic carbocycles. The number of likely N-dealkylation sites (N-methyl/N-ethyl adjacent to an activating group) is 1. The van der Waals surface area contributed by atoms with Gasteiger partial charge >= 0.3 is 6.03 Å². The molecule has 1 unspecified atom stereocenters. The van der Waals surface area contributed by atoms with Gasteiger partial charge in [0.2, 0.25) is 27.6 Å². The largest absolute Gasteiger partial charge is 0.363 e. The molecule has 4 aliphatic rings. The van der Waals surface area contributed by atoms with Crippen molar-refractivity contribution in [2.75, 3.05) is 26.4 Å². The molecule has 4 fully saturated rings. The topological polar surface area (TPSA) is 188 Å². The van der Waals surface area contributed by atoms with Gasteiger partial charge in [-0.3, -0.25) is 19.2 Å². The van der Waals surface area contributed by atoms with Crippen LogP contribution in [0.3, 0.4) is 0 Å². The molecule has 5 amide bonds. The van der Waals surface area contributed by atoms with Gasteiger partial charge in [0.15, 0.2) is 0 Å². The summed E-state index contributed by atoms with van der Waals surface area (Å²) in [6, 6.07) is -3.48. The van der Waals surface area contributed by atoms with Crippen molar-refractivity contribution in [1.29, 1.82) is 0 Å². The number of likely N-dealkylation sites (tertiary alicyclic amines) is 1. The summed E-state index contributed by atoms with van der Waals surface area (Å²) in [5, 5.41) is 8.71. The van der Waals surface area contributed by atoms with Crippen LogP contribution in [-0.4, -0.2) is 97.2 Å². The van der Waals surface area contributed by atoms with Crippen LogP contribution in [0.2, 0.25) is 0 Å². The first-order chi connectivity index (χ1) is 20.7. The van der Waals surface area contributed by atoms with Crippen molar-refractivity contribution in [3.63, 3.8) is 0 Å². The maximum absolute atomic E-state index is 14.3. The summed E-state index contributed by atoms with van der Waals surface area (Å²) in [5.41, 5.74) is 3.60. The van der Waals surface area contributed by atoms with Gasteiger partial charge in [-0.05, 0) is 54.3 Å². The quantitative estimate of drug-likeness (QED) is 0.241. The molecule has 3 aliphatic carbocycles. The monoisotopic (exact) mass is 652 g/mol. The molecule has 3 saturated carbocycles. The van der Waals surface area contributed by atoms with Crippen molar-refractivity contribution in [2.45, 2.75) is 110 Å². The molecule has 1 heterocycles. The summed E-state index contributed by atoms with van der Waals surface area (Å²) in [4.78, 5) is 67.8. The Bertz CT molecular complexity index is 1320. The predicted octanol–water partition coefficient (Wildman–Crippen LogP) is 1.12. The van der Waals surface area contributed by atoms with Crippen LogP contribution in [0.25, 0.3) is 0 Å². The minimum Gasteiger partial charge on any atom is -0.363 e. The van der Waals surface area contributed by atoms with Crippen molar-refractivity contribution in [1.82, 2.24) is 25.2 Å². The van der Waals surface area contributed by atoms with Crippen LogP contribution in [0.5, 0.6) is 0 Å². The second-order valence-corrected chi connectivity index (χ2v) is 17.6. The van der Waals surface area contributed by atoms with E-state index in [0.29, 0.717) is 32.2 Å². The zero-order valence-electron chi connectivity index (χ0n) is 27.8. The van der Waals surface area contributed by atoms with Crippen molar-refractivity contribution in [3.05, 3.63) is 0 Å². The highest BCUT2D eigenvalue weighted by molar-refractivity contribution is 7.88. The number of piperidine rings is 1. The average molecular weight is 653 g/mol. The van der Waals surface area contributed by atoms with E-state index >= 15 is 0 Å². The lowest BCUT2D eigenvalue weighted by atomic mass is 9.78. The lowest BCUT2D eigenvalue weighted by Crippen LogP contribution is -2.64. The summed E-state index contributed by atoms with van der Waals surface area (Å²) < 4.78 is 25.7. The molecule has 1 saturated heterocycles. The minimum atomic E-state index is -3.48. The Labute approximate surface area is 267 Å².